The van der Waals surface area contributed by atoms with Crippen molar-refractivity contribution in [3.8, 4) is 11.1 Å². The van der Waals surface area contributed by atoms with Gasteiger partial charge in [-0.3, -0.25) is 0 Å². The predicted octanol–water partition coefficient (Wildman–Crippen LogP) is 5.87. The van der Waals surface area contributed by atoms with E-state index in [0.717, 1.165) is 22.7 Å². The number of nitrogens with one attached hydrogen (secondary N) is 1. The van der Waals surface area contributed by atoms with E-state index in [0.29, 0.717) is 23.4 Å². The van der Waals surface area contributed by atoms with Crippen molar-refractivity contribution in [2.45, 2.75) is 12.7 Å². The molecular weight excluding hydrogens is 363 g/mol. The molecule has 3 nitrogen and oxygen atoms in total. The number of alkyl halides is 3. The van der Waals surface area contributed by atoms with Gasteiger partial charge in [-0.05, 0) is 41.5 Å². The number of fused-ring (bicyclic) bond motifs is 1. The van der Waals surface area contributed by atoms with Crippen LogP contribution in [-0.4, -0.2) is 9.55 Å². The molecule has 4 aromatic rings. The van der Waals surface area contributed by atoms with Gasteiger partial charge in [-0.2, -0.15) is 13.2 Å². The Morgan fingerprint density at radius 2 is 1.75 bits per heavy atom. The highest BCUT2D eigenvalue weighted by atomic mass is 19.4. The van der Waals surface area contributed by atoms with Gasteiger partial charge in [0.1, 0.15) is 5.65 Å². The molecule has 0 saturated carbocycles. The first-order chi connectivity index (χ1) is 13.4. The van der Waals surface area contributed by atoms with Crippen LogP contribution in [-0.2, 0) is 19.8 Å². The van der Waals surface area contributed by atoms with Crippen molar-refractivity contribution < 1.29 is 13.2 Å². The van der Waals surface area contributed by atoms with Crippen LogP contribution >= 0.6 is 0 Å². The summed E-state index contributed by atoms with van der Waals surface area (Å²) in [4.78, 5) is 4.39. The van der Waals surface area contributed by atoms with Crippen LogP contribution in [0.2, 0.25) is 0 Å². The second-order valence-electron chi connectivity index (χ2n) is 6.70. The van der Waals surface area contributed by atoms with Crippen molar-refractivity contribution >= 4 is 16.7 Å². The summed E-state index contributed by atoms with van der Waals surface area (Å²) in [5.41, 5.74) is 2.64. The average Bonchev–Trinajstić information content (AvgIpc) is 3.06. The van der Waals surface area contributed by atoms with E-state index in [4.69, 9.17) is 0 Å². The van der Waals surface area contributed by atoms with Gasteiger partial charge in [-0.15, -0.1) is 0 Å². The van der Waals surface area contributed by atoms with Crippen LogP contribution in [0.4, 0.5) is 18.9 Å². The second-order valence-corrected chi connectivity index (χ2v) is 6.70. The van der Waals surface area contributed by atoms with Gasteiger partial charge in [-0.25, -0.2) is 4.98 Å². The predicted molar refractivity (Wildman–Crippen MR) is 105 cm³/mol. The van der Waals surface area contributed by atoms with E-state index in [-0.39, 0.29) is 0 Å². The summed E-state index contributed by atoms with van der Waals surface area (Å²) >= 11 is 0. The number of hydrogen-bond donors (Lipinski definition) is 1. The molecule has 28 heavy (non-hydrogen) atoms. The molecule has 0 saturated heterocycles. The van der Waals surface area contributed by atoms with E-state index in [1.807, 2.05) is 60.3 Å². The minimum atomic E-state index is -4.43. The van der Waals surface area contributed by atoms with Gasteiger partial charge in [0.05, 0.1) is 5.56 Å². The molecule has 0 aliphatic carbocycles. The number of hydrogen-bond acceptors (Lipinski definition) is 2. The molecule has 0 fully saturated rings. The summed E-state index contributed by atoms with van der Waals surface area (Å²) in [6, 6.07) is 17.3. The molecule has 0 spiro atoms. The van der Waals surface area contributed by atoms with Crippen molar-refractivity contribution in [2.75, 3.05) is 5.32 Å². The highest BCUT2D eigenvalue weighted by Gasteiger charge is 2.31. The molecule has 4 rings (SSSR count). The van der Waals surface area contributed by atoms with E-state index < -0.39 is 11.7 Å². The number of anilines is 1. The molecule has 0 atom stereocenters. The van der Waals surface area contributed by atoms with Gasteiger partial charge in [0.2, 0.25) is 0 Å². The molecular formula is C22H18F3N3. The standard InChI is InChI=1S/C22H18F3N3/c1-28-8-7-16-9-18(14-27-21(16)28)17-10-19(22(23,24)25)12-20(11-17)26-13-15-5-3-2-4-6-15/h2-12,14,26H,13H2,1H3. The molecule has 0 amide bonds. The first-order valence-corrected chi connectivity index (χ1v) is 8.82. The maximum atomic E-state index is 13.4. The quantitative estimate of drug-likeness (QED) is 0.479. The van der Waals surface area contributed by atoms with Crippen LogP contribution in [0.15, 0.2) is 73.1 Å². The first kappa shape index (κ1) is 18.1. The molecule has 1 N–H and O–H groups in total. The first-order valence-electron chi connectivity index (χ1n) is 8.82. The van der Waals surface area contributed by atoms with Gasteiger partial charge < -0.3 is 9.88 Å². The van der Waals surface area contributed by atoms with Crippen molar-refractivity contribution in [2.24, 2.45) is 7.05 Å². The topological polar surface area (TPSA) is 29.9 Å². The van der Waals surface area contributed by atoms with Crippen LogP contribution in [0.25, 0.3) is 22.2 Å². The van der Waals surface area contributed by atoms with Crippen LogP contribution in [0.3, 0.4) is 0 Å². The number of aromatic nitrogens is 2. The molecule has 2 heterocycles. The zero-order chi connectivity index (χ0) is 19.7. The molecule has 0 unspecified atom stereocenters. The van der Waals surface area contributed by atoms with Crippen LogP contribution < -0.4 is 5.32 Å². The zero-order valence-corrected chi connectivity index (χ0v) is 15.2. The van der Waals surface area contributed by atoms with Gasteiger partial charge >= 0.3 is 6.18 Å². The maximum absolute atomic E-state index is 13.4. The van der Waals surface area contributed by atoms with Gasteiger partial charge in [0.25, 0.3) is 0 Å². The number of benzene rings is 2. The molecule has 142 valence electrons. The fourth-order valence-corrected chi connectivity index (χ4v) is 3.17. The van der Waals surface area contributed by atoms with E-state index in [2.05, 4.69) is 10.3 Å². The summed E-state index contributed by atoms with van der Waals surface area (Å²) in [5, 5.41) is 3.99. The zero-order valence-electron chi connectivity index (χ0n) is 15.2. The van der Waals surface area contributed by atoms with E-state index >= 15 is 0 Å². The SMILES string of the molecule is Cn1ccc2cc(-c3cc(NCc4ccccc4)cc(C(F)(F)F)c3)cnc21. The summed E-state index contributed by atoms with van der Waals surface area (Å²) in [5.74, 6) is 0. The third-order valence-corrected chi connectivity index (χ3v) is 4.64. The fraction of sp³-hybridized carbons (Fsp3) is 0.136. The Morgan fingerprint density at radius 1 is 0.964 bits per heavy atom. The van der Waals surface area contributed by atoms with Crippen LogP contribution in [0.1, 0.15) is 11.1 Å². The molecule has 0 radical (unpaired) electrons. The molecule has 0 aliphatic heterocycles. The van der Waals surface area contributed by atoms with E-state index in [9.17, 15) is 13.2 Å². The molecule has 0 bridgehead atoms. The Hall–Kier alpha value is -3.28. The minimum Gasteiger partial charge on any atom is -0.381 e. The molecule has 2 aromatic heterocycles. The Morgan fingerprint density at radius 3 is 2.50 bits per heavy atom. The monoisotopic (exact) mass is 381 g/mol. The number of pyridine rings is 1. The Labute approximate surface area is 160 Å². The third kappa shape index (κ3) is 3.71. The summed E-state index contributed by atoms with van der Waals surface area (Å²) in [6.45, 7) is 0.442. The highest BCUT2D eigenvalue weighted by molar-refractivity contribution is 5.82. The van der Waals surface area contributed by atoms with Crippen molar-refractivity contribution in [1.82, 2.24) is 9.55 Å². The Kier molecular flexibility index (Phi) is 4.55. The van der Waals surface area contributed by atoms with Crippen LogP contribution in [0.5, 0.6) is 0 Å². The third-order valence-electron chi connectivity index (χ3n) is 4.64. The molecule has 0 aliphatic rings. The van der Waals surface area contributed by atoms with Gasteiger partial charge in [0.15, 0.2) is 0 Å². The summed E-state index contributed by atoms with van der Waals surface area (Å²) in [7, 11) is 1.88. The molecule has 2 aromatic carbocycles. The van der Waals surface area contributed by atoms with Gasteiger partial charge in [-0.1, -0.05) is 30.3 Å². The van der Waals surface area contributed by atoms with Gasteiger partial charge in [0, 0.05) is 42.6 Å². The summed E-state index contributed by atoms with van der Waals surface area (Å²) < 4.78 is 42.2. The normalized spacial score (nSPS) is 11.7. The highest BCUT2D eigenvalue weighted by Crippen LogP contribution is 2.35. The maximum Gasteiger partial charge on any atom is 0.416 e. The lowest BCUT2D eigenvalue weighted by molar-refractivity contribution is -0.137. The van der Waals surface area contributed by atoms with Crippen molar-refractivity contribution in [1.29, 1.82) is 0 Å². The largest absolute Gasteiger partial charge is 0.416 e. The minimum absolute atomic E-state index is 0.418. The number of rotatable bonds is 4. The van der Waals surface area contributed by atoms with Crippen molar-refractivity contribution in [3.63, 3.8) is 0 Å². The van der Waals surface area contributed by atoms with Crippen LogP contribution in [0, 0.1) is 0 Å². The van der Waals surface area contributed by atoms with Crippen molar-refractivity contribution in [3.05, 3.63) is 84.2 Å². The number of halogens is 3. The smallest absolute Gasteiger partial charge is 0.381 e. The Bertz CT molecular complexity index is 1120. The Balaban J connectivity index is 1.72. The summed E-state index contributed by atoms with van der Waals surface area (Å²) in [6.07, 6.45) is -0.942. The lowest BCUT2D eigenvalue weighted by atomic mass is 10.0. The molecule has 6 heteroatoms. The van der Waals surface area contributed by atoms with E-state index in [1.54, 1.807) is 12.3 Å². The lowest BCUT2D eigenvalue weighted by Crippen LogP contribution is -2.07. The lowest BCUT2D eigenvalue weighted by Gasteiger charge is -2.14. The second kappa shape index (κ2) is 7.03. The fourth-order valence-electron chi connectivity index (χ4n) is 3.17. The van der Waals surface area contributed by atoms with E-state index in [1.165, 1.54) is 6.07 Å². The average molecular weight is 381 g/mol. The number of aryl methyl sites for hydroxylation is 1. The number of nitrogens with zero attached hydrogens (tertiary/aromatic N) is 2.